The largest absolute Gasteiger partial charge is 0.328 e. The van der Waals surface area contributed by atoms with E-state index in [4.69, 9.17) is 11.6 Å². The van der Waals surface area contributed by atoms with Crippen LogP contribution in [0.15, 0.2) is 46.1 Å². The molecule has 2 aromatic rings. The summed E-state index contributed by atoms with van der Waals surface area (Å²) < 4.78 is 1.11. The Morgan fingerprint density at radius 3 is 2.48 bits per heavy atom. The molecule has 110 valence electrons. The Kier molecular flexibility index (Phi) is 4.14. The van der Waals surface area contributed by atoms with Crippen LogP contribution < -0.4 is 11.2 Å². The fraction of sp³-hybridized carbons (Fsp3) is 0.267. The van der Waals surface area contributed by atoms with Gasteiger partial charge in [0.1, 0.15) is 5.02 Å². The van der Waals surface area contributed by atoms with Crippen molar-refractivity contribution in [1.82, 2.24) is 9.55 Å². The normalized spacial score (nSPS) is 11.4. The van der Waals surface area contributed by atoms with Gasteiger partial charge in [0, 0.05) is 6.20 Å². The van der Waals surface area contributed by atoms with Crippen LogP contribution in [0.3, 0.4) is 0 Å². The summed E-state index contributed by atoms with van der Waals surface area (Å²) in [6, 6.07) is 9.30. The van der Waals surface area contributed by atoms with Crippen LogP contribution in [0.4, 0.5) is 0 Å². The summed E-state index contributed by atoms with van der Waals surface area (Å²) in [4.78, 5) is 37.5. The molecule has 2 rings (SSSR count). The summed E-state index contributed by atoms with van der Waals surface area (Å²) in [5.41, 5.74) is -1.20. The van der Waals surface area contributed by atoms with Gasteiger partial charge < -0.3 is 0 Å². The zero-order valence-electron chi connectivity index (χ0n) is 11.7. The lowest BCUT2D eigenvalue weighted by molar-refractivity contribution is -0.124. The fourth-order valence-electron chi connectivity index (χ4n) is 1.97. The van der Waals surface area contributed by atoms with E-state index in [1.165, 1.54) is 6.20 Å². The highest BCUT2D eigenvalue weighted by Gasteiger charge is 2.29. The molecule has 1 aromatic heterocycles. The van der Waals surface area contributed by atoms with Gasteiger partial charge >= 0.3 is 5.69 Å². The van der Waals surface area contributed by atoms with Gasteiger partial charge in [-0.1, -0.05) is 41.9 Å². The van der Waals surface area contributed by atoms with Crippen LogP contribution in [0.5, 0.6) is 0 Å². The minimum Gasteiger partial charge on any atom is -0.297 e. The van der Waals surface area contributed by atoms with Gasteiger partial charge in [-0.25, -0.2) is 4.79 Å². The van der Waals surface area contributed by atoms with Gasteiger partial charge in [0.05, 0.1) is 12.0 Å². The van der Waals surface area contributed by atoms with Crippen molar-refractivity contribution in [3.05, 3.63) is 68.0 Å². The highest BCUT2D eigenvalue weighted by Crippen LogP contribution is 2.24. The molecule has 0 spiro atoms. The number of rotatable bonds is 4. The highest BCUT2D eigenvalue weighted by molar-refractivity contribution is 6.30. The van der Waals surface area contributed by atoms with E-state index in [0.29, 0.717) is 0 Å². The van der Waals surface area contributed by atoms with E-state index >= 15 is 0 Å². The van der Waals surface area contributed by atoms with Crippen molar-refractivity contribution < 1.29 is 4.79 Å². The quantitative estimate of drug-likeness (QED) is 0.935. The molecule has 0 bridgehead atoms. The molecule has 0 saturated heterocycles. The second kappa shape index (κ2) is 5.69. The van der Waals surface area contributed by atoms with E-state index in [2.05, 4.69) is 4.98 Å². The second-order valence-corrected chi connectivity index (χ2v) is 5.69. The number of ketones is 1. The van der Waals surface area contributed by atoms with Gasteiger partial charge in [0.2, 0.25) is 0 Å². The number of halogens is 1. The number of hydrogen-bond acceptors (Lipinski definition) is 3. The molecule has 0 saturated carbocycles. The minimum atomic E-state index is -0.747. The van der Waals surface area contributed by atoms with Crippen LogP contribution in [0.25, 0.3) is 0 Å². The second-order valence-electron chi connectivity index (χ2n) is 5.28. The van der Waals surface area contributed by atoms with Gasteiger partial charge in [0.25, 0.3) is 5.56 Å². The number of nitrogens with one attached hydrogen (secondary N) is 1. The topological polar surface area (TPSA) is 71.9 Å². The van der Waals surface area contributed by atoms with Gasteiger partial charge in [0.15, 0.2) is 5.78 Å². The number of benzene rings is 1. The van der Waals surface area contributed by atoms with Crippen molar-refractivity contribution in [3.8, 4) is 0 Å². The lowest BCUT2D eigenvalue weighted by atomic mass is 9.80. The summed E-state index contributed by atoms with van der Waals surface area (Å²) in [5.74, 6) is -0.154. The van der Waals surface area contributed by atoms with Gasteiger partial charge in [-0.15, -0.1) is 0 Å². The van der Waals surface area contributed by atoms with Crippen molar-refractivity contribution in [2.45, 2.75) is 25.8 Å². The summed E-state index contributed by atoms with van der Waals surface area (Å²) in [5, 5.41) is -0.125. The van der Waals surface area contributed by atoms with Crippen LogP contribution >= 0.6 is 11.6 Å². The van der Waals surface area contributed by atoms with Crippen molar-refractivity contribution in [1.29, 1.82) is 0 Å². The Labute approximate surface area is 126 Å². The van der Waals surface area contributed by atoms with E-state index in [1.54, 1.807) is 13.8 Å². The maximum Gasteiger partial charge on any atom is 0.328 e. The Balaban J connectivity index is 2.32. The number of nitrogens with zero attached hydrogens (tertiary/aromatic N) is 1. The molecule has 0 aliphatic heterocycles. The number of hydrogen-bond donors (Lipinski definition) is 1. The molecule has 0 aliphatic rings. The Hall–Kier alpha value is -2.14. The maximum atomic E-state index is 12.5. The molecular weight excluding hydrogens is 292 g/mol. The third kappa shape index (κ3) is 3.13. The monoisotopic (exact) mass is 306 g/mol. The first kappa shape index (κ1) is 15.3. The Morgan fingerprint density at radius 1 is 1.24 bits per heavy atom. The van der Waals surface area contributed by atoms with E-state index in [9.17, 15) is 14.4 Å². The number of Topliss-reactive ketones (excluding diaryl/α,β-unsaturated/α-hetero) is 1. The first-order valence-electron chi connectivity index (χ1n) is 6.40. The van der Waals surface area contributed by atoms with Gasteiger partial charge in [-0.2, -0.15) is 0 Å². The molecule has 21 heavy (non-hydrogen) atoms. The summed E-state index contributed by atoms with van der Waals surface area (Å²) >= 11 is 5.69. The molecule has 0 fully saturated rings. The SMILES string of the molecule is CC(C)(C(=O)Cn1cc(Cl)c(=O)[nH]c1=O)c1ccccc1. The summed E-state index contributed by atoms with van der Waals surface area (Å²) in [6.45, 7) is 3.43. The summed E-state index contributed by atoms with van der Waals surface area (Å²) in [7, 11) is 0. The van der Waals surface area contributed by atoms with Crippen LogP contribution in [-0.2, 0) is 16.8 Å². The van der Waals surface area contributed by atoms with Crippen LogP contribution in [0.2, 0.25) is 5.02 Å². The molecule has 1 N–H and O–H groups in total. The highest BCUT2D eigenvalue weighted by atomic mass is 35.5. The van der Waals surface area contributed by atoms with Crippen LogP contribution in [-0.4, -0.2) is 15.3 Å². The minimum absolute atomic E-state index is 0.125. The number of aromatic nitrogens is 2. The third-order valence-corrected chi connectivity index (χ3v) is 3.74. The molecule has 1 heterocycles. The van der Waals surface area contributed by atoms with E-state index in [-0.39, 0.29) is 17.4 Å². The molecular formula is C15H15ClN2O3. The molecule has 5 nitrogen and oxygen atoms in total. The molecule has 0 atom stereocenters. The number of aromatic amines is 1. The molecule has 0 aliphatic carbocycles. The first-order valence-corrected chi connectivity index (χ1v) is 6.78. The Morgan fingerprint density at radius 2 is 1.86 bits per heavy atom. The molecule has 0 radical (unpaired) electrons. The van der Waals surface area contributed by atoms with Gasteiger partial charge in [-0.3, -0.25) is 19.1 Å². The lowest BCUT2D eigenvalue weighted by Crippen LogP contribution is -2.37. The lowest BCUT2D eigenvalue weighted by Gasteiger charge is -2.24. The van der Waals surface area contributed by atoms with Crippen molar-refractivity contribution in [2.75, 3.05) is 0 Å². The standard InChI is InChI=1S/C15H15ClN2O3/c1-15(2,10-6-4-3-5-7-10)12(19)9-18-8-11(16)13(20)17-14(18)21/h3-8H,9H2,1-2H3,(H,17,20,21). The van der Waals surface area contributed by atoms with Crippen LogP contribution in [0.1, 0.15) is 19.4 Å². The van der Waals surface area contributed by atoms with E-state index < -0.39 is 16.7 Å². The zero-order valence-corrected chi connectivity index (χ0v) is 12.5. The molecule has 0 amide bonds. The first-order chi connectivity index (χ1) is 9.82. The van der Waals surface area contributed by atoms with Crippen molar-refractivity contribution >= 4 is 17.4 Å². The zero-order chi connectivity index (χ0) is 15.6. The smallest absolute Gasteiger partial charge is 0.297 e. The average Bonchev–Trinajstić information content (AvgIpc) is 2.45. The predicted molar refractivity (Wildman–Crippen MR) is 80.8 cm³/mol. The van der Waals surface area contributed by atoms with Crippen molar-refractivity contribution in [2.24, 2.45) is 0 Å². The fourth-order valence-corrected chi connectivity index (χ4v) is 2.13. The molecule has 1 aromatic carbocycles. The van der Waals surface area contributed by atoms with Crippen LogP contribution in [0, 0.1) is 0 Å². The van der Waals surface area contributed by atoms with E-state index in [1.807, 2.05) is 30.3 Å². The average molecular weight is 307 g/mol. The number of H-pyrrole nitrogens is 1. The number of carbonyl (C=O) groups is 1. The maximum absolute atomic E-state index is 12.5. The van der Waals surface area contributed by atoms with E-state index in [0.717, 1.165) is 10.1 Å². The molecule has 0 unspecified atom stereocenters. The predicted octanol–water partition coefficient (Wildman–Crippen LogP) is 1.74. The molecule has 6 heteroatoms. The number of carbonyl (C=O) groups excluding carboxylic acids is 1. The Bertz CT molecular complexity index is 775. The third-order valence-electron chi connectivity index (χ3n) is 3.47. The van der Waals surface area contributed by atoms with Gasteiger partial charge in [-0.05, 0) is 19.4 Å². The summed E-state index contributed by atoms with van der Waals surface area (Å²) in [6.07, 6.45) is 1.18. The van der Waals surface area contributed by atoms with Crippen molar-refractivity contribution in [3.63, 3.8) is 0 Å².